The maximum Gasteiger partial charge on any atom is 0.317 e. The highest BCUT2D eigenvalue weighted by molar-refractivity contribution is 7.88. The molecule has 2 fully saturated rings. The summed E-state index contributed by atoms with van der Waals surface area (Å²) in [6, 6.07) is 0.0354. The molecular formula is C16H31N3O3S. The van der Waals surface area contributed by atoms with E-state index in [1.54, 1.807) is 0 Å². The van der Waals surface area contributed by atoms with E-state index in [0.29, 0.717) is 31.0 Å². The maximum atomic E-state index is 12.3. The molecule has 2 aliphatic heterocycles. The normalized spacial score (nSPS) is 24.2. The van der Waals surface area contributed by atoms with Crippen LogP contribution in [-0.4, -0.2) is 62.6 Å². The van der Waals surface area contributed by atoms with E-state index in [4.69, 9.17) is 0 Å². The number of nitrogens with zero attached hydrogens (tertiary/aromatic N) is 2. The first-order chi connectivity index (χ1) is 10.7. The first kappa shape index (κ1) is 18.5. The zero-order valence-corrected chi connectivity index (χ0v) is 15.5. The Bertz CT molecular complexity index is 511. The molecule has 134 valence electrons. The average Bonchev–Trinajstić information content (AvgIpc) is 2.65. The minimum Gasteiger partial charge on any atom is -0.338 e. The van der Waals surface area contributed by atoms with Gasteiger partial charge in [0.15, 0.2) is 0 Å². The molecule has 0 saturated carbocycles. The second-order valence-electron chi connectivity index (χ2n) is 7.80. The second-order valence-corrected chi connectivity index (χ2v) is 9.78. The Hall–Kier alpha value is -0.820. The Morgan fingerprint density at radius 3 is 2.39 bits per heavy atom. The van der Waals surface area contributed by atoms with Gasteiger partial charge in [-0.2, -0.15) is 0 Å². The second kappa shape index (κ2) is 7.38. The monoisotopic (exact) mass is 345 g/mol. The number of likely N-dealkylation sites (tertiary alicyclic amines) is 1. The summed E-state index contributed by atoms with van der Waals surface area (Å²) >= 11 is 0. The van der Waals surface area contributed by atoms with Crippen LogP contribution in [0.5, 0.6) is 0 Å². The van der Waals surface area contributed by atoms with Gasteiger partial charge in [-0.3, -0.25) is 0 Å². The minimum absolute atomic E-state index is 0.0354. The number of hydrogen-bond acceptors (Lipinski definition) is 3. The first-order valence-corrected chi connectivity index (χ1v) is 10.5. The van der Waals surface area contributed by atoms with Crippen LogP contribution in [0.3, 0.4) is 0 Å². The highest BCUT2D eigenvalue weighted by Crippen LogP contribution is 2.29. The Kier molecular flexibility index (Phi) is 5.94. The van der Waals surface area contributed by atoms with E-state index in [0.717, 1.165) is 38.8 Å². The molecule has 2 rings (SSSR count). The number of urea groups is 1. The molecule has 6 nitrogen and oxygen atoms in total. The van der Waals surface area contributed by atoms with E-state index >= 15 is 0 Å². The van der Waals surface area contributed by atoms with Gasteiger partial charge in [-0.05, 0) is 43.4 Å². The summed E-state index contributed by atoms with van der Waals surface area (Å²) in [6.07, 6.45) is 6.18. The van der Waals surface area contributed by atoms with E-state index in [9.17, 15) is 13.2 Å². The molecule has 0 aromatic carbocycles. The lowest BCUT2D eigenvalue weighted by Crippen LogP contribution is -2.45. The van der Waals surface area contributed by atoms with Crippen molar-refractivity contribution in [2.24, 2.45) is 11.3 Å². The third-order valence-corrected chi connectivity index (χ3v) is 6.51. The third kappa shape index (κ3) is 5.64. The number of piperidine rings is 1. The average molecular weight is 346 g/mol. The summed E-state index contributed by atoms with van der Waals surface area (Å²) in [5.41, 5.74) is 0.327. The molecule has 2 saturated heterocycles. The number of hydrogen-bond donors (Lipinski definition) is 1. The van der Waals surface area contributed by atoms with Crippen molar-refractivity contribution in [1.29, 1.82) is 0 Å². The van der Waals surface area contributed by atoms with Crippen molar-refractivity contribution in [3.05, 3.63) is 0 Å². The number of rotatable bonds is 3. The lowest BCUT2D eigenvalue weighted by Gasteiger charge is -2.31. The van der Waals surface area contributed by atoms with E-state index in [-0.39, 0.29) is 6.03 Å². The topological polar surface area (TPSA) is 69.7 Å². The van der Waals surface area contributed by atoms with Crippen LogP contribution in [0.25, 0.3) is 0 Å². The van der Waals surface area contributed by atoms with Crippen LogP contribution < -0.4 is 5.32 Å². The number of carbonyl (C=O) groups is 1. The van der Waals surface area contributed by atoms with Crippen LogP contribution in [0.4, 0.5) is 4.79 Å². The molecule has 2 amide bonds. The van der Waals surface area contributed by atoms with Crippen LogP contribution >= 0.6 is 0 Å². The minimum atomic E-state index is -3.08. The lowest BCUT2D eigenvalue weighted by atomic mass is 9.85. The van der Waals surface area contributed by atoms with Crippen LogP contribution in [0.1, 0.15) is 46.0 Å². The summed E-state index contributed by atoms with van der Waals surface area (Å²) in [5, 5.41) is 3.05. The Morgan fingerprint density at radius 1 is 1.13 bits per heavy atom. The predicted molar refractivity (Wildman–Crippen MR) is 91.7 cm³/mol. The van der Waals surface area contributed by atoms with Gasteiger partial charge in [-0.1, -0.05) is 13.8 Å². The smallest absolute Gasteiger partial charge is 0.317 e. The zero-order valence-electron chi connectivity index (χ0n) is 14.7. The fourth-order valence-corrected chi connectivity index (χ4v) is 4.29. The van der Waals surface area contributed by atoms with Gasteiger partial charge in [0, 0.05) is 32.7 Å². The Morgan fingerprint density at radius 2 is 1.78 bits per heavy atom. The van der Waals surface area contributed by atoms with Crippen LogP contribution in [0.15, 0.2) is 0 Å². The SMILES string of the molecule is CC1(C)CCCN(C(=O)NCC2CCN(S(C)(=O)=O)CC2)CC1. The molecule has 1 N–H and O–H groups in total. The van der Waals surface area contributed by atoms with Crippen LogP contribution in [0.2, 0.25) is 0 Å². The van der Waals surface area contributed by atoms with Crippen molar-refractivity contribution in [2.75, 3.05) is 39.0 Å². The van der Waals surface area contributed by atoms with Gasteiger partial charge in [0.25, 0.3) is 0 Å². The van der Waals surface area contributed by atoms with E-state index in [1.165, 1.54) is 17.0 Å². The summed E-state index contributed by atoms with van der Waals surface area (Å²) < 4.78 is 24.5. The highest BCUT2D eigenvalue weighted by atomic mass is 32.2. The quantitative estimate of drug-likeness (QED) is 0.849. The molecular weight excluding hydrogens is 314 g/mol. The molecule has 0 unspecified atom stereocenters. The summed E-state index contributed by atoms with van der Waals surface area (Å²) in [6.45, 7) is 7.98. The molecule has 2 heterocycles. The van der Waals surface area contributed by atoms with Gasteiger partial charge < -0.3 is 10.2 Å². The fourth-order valence-electron chi connectivity index (χ4n) is 3.41. The van der Waals surface area contributed by atoms with Gasteiger partial charge in [-0.25, -0.2) is 17.5 Å². The third-order valence-electron chi connectivity index (χ3n) is 5.21. The van der Waals surface area contributed by atoms with Gasteiger partial charge in [0.1, 0.15) is 0 Å². The molecule has 0 atom stereocenters. The van der Waals surface area contributed by atoms with Crippen LogP contribution in [0, 0.1) is 11.3 Å². The zero-order chi connectivity index (χ0) is 17.1. The van der Waals surface area contributed by atoms with Crippen molar-refractivity contribution < 1.29 is 13.2 Å². The number of carbonyl (C=O) groups excluding carboxylic acids is 1. The van der Waals surface area contributed by atoms with E-state index < -0.39 is 10.0 Å². The van der Waals surface area contributed by atoms with Crippen molar-refractivity contribution in [2.45, 2.75) is 46.0 Å². The maximum absolute atomic E-state index is 12.3. The molecule has 0 spiro atoms. The van der Waals surface area contributed by atoms with Crippen molar-refractivity contribution >= 4 is 16.1 Å². The molecule has 0 radical (unpaired) electrons. The van der Waals surface area contributed by atoms with Gasteiger partial charge in [0.2, 0.25) is 10.0 Å². The lowest BCUT2D eigenvalue weighted by molar-refractivity contribution is 0.191. The van der Waals surface area contributed by atoms with E-state index in [2.05, 4.69) is 19.2 Å². The summed E-state index contributed by atoms with van der Waals surface area (Å²) in [5.74, 6) is 0.375. The largest absolute Gasteiger partial charge is 0.338 e. The molecule has 2 aliphatic rings. The Labute approximate surface area is 140 Å². The van der Waals surface area contributed by atoms with Crippen LogP contribution in [-0.2, 0) is 10.0 Å². The van der Waals surface area contributed by atoms with Crippen molar-refractivity contribution in [1.82, 2.24) is 14.5 Å². The molecule has 23 heavy (non-hydrogen) atoms. The standard InChI is InChI=1S/C16H31N3O3S/c1-16(2)7-4-9-18(12-8-16)15(20)17-13-14-5-10-19(11-6-14)23(3,21)22/h14H,4-13H2,1-3H3,(H,17,20). The van der Waals surface area contributed by atoms with Crippen molar-refractivity contribution in [3.63, 3.8) is 0 Å². The summed E-state index contributed by atoms with van der Waals surface area (Å²) in [7, 11) is -3.08. The predicted octanol–water partition coefficient (Wildman–Crippen LogP) is 1.88. The van der Waals surface area contributed by atoms with Gasteiger partial charge in [0.05, 0.1) is 6.26 Å². The molecule has 0 aromatic rings. The molecule has 0 aromatic heterocycles. The summed E-state index contributed by atoms with van der Waals surface area (Å²) in [4.78, 5) is 14.3. The van der Waals surface area contributed by atoms with Gasteiger partial charge >= 0.3 is 6.03 Å². The van der Waals surface area contributed by atoms with Gasteiger partial charge in [-0.15, -0.1) is 0 Å². The van der Waals surface area contributed by atoms with E-state index in [1.807, 2.05) is 4.90 Å². The Balaban J connectivity index is 1.73. The molecule has 7 heteroatoms. The van der Waals surface area contributed by atoms with Crippen molar-refractivity contribution in [3.8, 4) is 0 Å². The molecule has 0 bridgehead atoms. The number of sulfonamides is 1. The number of amides is 2. The fraction of sp³-hybridized carbons (Fsp3) is 0.938. The number of nitrogens with one attached hydrogen (secondary N) is 1. The molecule has 0 aliphatic carbocycles. The highest BCUT2D eigenvalue weighted by Gasteiger charge is 2.27. The first-order valence-electron chi connectivity index (χ1n) is 8.65.